The van der Waals surface area contributed by atoms with Crippen molar-refractivity contribution in [3.05, 3.63) is 148 Å². The van der Waals surface area contributed by atoms with Crippen molar-refractivity contribution in [3.8, 4) is 27.8 Å². The van der Waals surface area contributed by atoms with Crippen molar-refractivity contribution < 1.29 is 43.3 Å². The summed E-state index contributed by atoms with van der Waals surface area (Å²) in [6, 6.07) is 34.2. The first-order valence-electron chi connectivity index (χ1n) is 24.9. The van der Waals surface area contributed by atoms with E-state index in [1.54, 1.807) is 53.3 Å². The molecule has 4 heterocycles. The van der Waals surface area contributed by atoms with Gasteiger partial charge in [-0.15, -0.1) is 11.3 Å². The third-order valence-corrected chi connectivity index (χ3v) is 14.5. The molecule has 3 N–H and O–H groups in total. The molecule has 15 nitrogen and oxygen atoms in total. The summed E-state index contributed by atoms with van der Waals surface area (Å²) >= 11 is 1.56. The Morgan fingerprint density at radius 2 is 1.64 bits per heavy atom. The number of nitrogens with zero attached hydrogens (tertiary/aromatic N) is 5. The van der Waals surface area contributed by atoms with E-state index in [0.29, 0.717) is 49.9 Å². The molecule has 0 saturated carbocycles. The van der Waals surface area contributed by atoms with E-state index < -0.39 is 23.6 Å². The van der Waals surface area contributed by atoms with Crippen LogP contribution in [0, 0.1) is 12.8 Å². The van der Waals surface area contributed by atoms with Crippen molar-refractivity contribution in [2.75, 3.05) is 46.6 Å². The summed E-state index contributed by atoms with van der Waals surface area (Å²) < 4.78 is 23.3. The molecule has 16 heteroatoms. The lowest BCUT2D eigenvalue weighted by molar-refractivity contribution is -0.134. The molecular weight excluding hydrogens is 945 g/mol. The standard InChI is InChI=1S/C57H64N6O9S/c1-7-46(38-12-9-8-10-13-38)52(39-17-23-43(64)24-18-39)40-19-25-45(26-20-40)70-29-27-62(6)50(66)14-11-28-69-30-31-71-49-33-48(72-61-49)51(36(2)3)55(67)63-34-44(65)32-47(63)54-59-56(68)57(5,60-54)42-21-15-41(16-22-42)53-37(4)58-35-73-53/h8-10,12-13,15-26,33,35-36,44,47,51,64-65H,7,11,14,27-32,34H2,1-6H3,(H,59,60,68). The van der Waals surface area contributed by atoms with Gasteiger partial charge < -0.3 is 44.1 Å². The summed E-state index contributed by atoms with van der Waals surface area (Å²) in [5.41, 5.74) is 8.81. The Kier molecular flexibility index (Phi) is 16.9. The molecule has 4 aromatic carbocycles. The fourth-order valence-corrected chi connectivity index (χ4v) is 10.2. The van der Waals surface area contributed by atoms with Gasteiger partial charge in [0.25, 0.3) is 11.8 Å². The van der Waals surface area contributed by atoms with Crippen molar-refractivity contribution in [2.45, 2.75) is 83.9 Å². The van der Waals surface area contributed by atoms with E-state index in [9.17, 15) is 24.6 Å². The van der Waals surface area contributed by atoms with Gasteiger partial charge >= 0.3 is 0 Å². The lowest BCUT2D eigenvalue weighted by atomic mass is 9.88. The van der Waals surface area contributed by atoms with Crippen molar-refractivity contribution in [1.82, 2.24) is 25.3 Å². The highest BCUT2D eigenvalue weighted by Gasteiger charge is 2.48. The Balaban J connectivity index is 0.761. The summed E-state index contributed by atoms with van der Waals surface area (Å²) in [7, 11) is 1.76. The number of benzene rings is 4. The number of aromatic nitrogens is 2. The van der Waals surface area contributed by atoms with Crippen molar-refractivity contribution >= 4 is 46.0 Å². The first kappa shape index (κ1) is 52.2. The van der Waals surface area contributed by atoms with Crippen LogP contribution in [0.1, 0.15) is 93.0 Å². The average Bonchev–Trinajstić information content (AvgIpc) is 4.20. The number of likely N-dealkylation sites (N-methyl/N-ethyl adjacent to an activating group) is 1. The number of phenols is 1. The number of aromatic hydroxyl groups is 1. The van der Waals surface area contributed by atoms with E-state index in [0.717, 1.165) is 50.4 Å². The van der Waals surface area contributed by atoms with Crippen LogP contribution in [-0.4, -0.2) is 112 Å². The second kappa shape index (κ2) is 23.6. The van der Waals surface area contributed by atoms with Gasteiger partial charge in [-0.1, -0.05) is 99.6 Å². The molecule has 4 atom stereocenters. The molecule has 2 aliphatic heterocycles. The molecule has 0 spiro atoms. The summed E-state index contributed by atoms with van der Waals surface area (Å²) in [6.45, 7) is 11.3. The number of phenolic OH excluding ortho intramolecular Hbond substituents is 1. The van der Waals surface area contributed by atoms with E-state index >= 15 is 0 Å². The van der Waals surface area contributed by atoms with Crippen LogP contribution in [0.5, 0.6) is 17.4 Å². The highest BCUT2D eigenvalue weighted by atomic mass is 32.1. The number of likely N-dealkylation sites (tertiary alicyclic amines) is 1. The first-order chi connectivity index (χ1) is 35.2. The molecule has 73 heavy (non-hydrogen) atoms. The number of aryl methyl sites for hydroxylation is 1. The quantitative estimate of drug-likeness (QED) is 0.0433. The summed E-state index contributed by atoms with van der Waals surface area (Å²) in [4.78, 5) is 53.9. The first-order valence-corrected chi connectivity index (χ1v) is 25.7. The lowest BCUT2D eigenvalue weighted by Crippen LogP contribution is -2.51. The Hall–Kier alpha value is -7.14. The van der Waals surface area contributed by atoms with E-state index in [2.05, 4.69) is 39.5 Å². The number of carbonyl (C=O) groups is 3. The van der Waals surface area contributed by atoms with Crippen LogP contribution in [0.3, 0.4) is 0 Å². The van der Waals surface area contributed by atoms with Gasteiger partial charge in [-0.25, -0.2) is 4.98 Å². The van der Waals surface area contributed by atoms with Gasteiger partial charge in [0, 0.05) is 39.1 Å². The van der Waals surface area contributed by atoms with E-state index in [4.69, 9.17) is 18.7 Å². The maximum absolute atomic E-state index is 14.4. The van der Waals surface area contributed by atoms with Crippen LogP contribution >= 0.6 is 11.3 Å². The Bertz CT molecular complexity index is 2900. The van der Waals surface area contributed by atoms with Crippen LogP contribution in [-0.2, 0) is 24.7 Å². The number of hydrogen-bond donors (Lipinski definition) is 3. The Morgan fingerprint density at radius 1 is 0.932 bits per heavy atom. The molecule has 3 amide bonds. The molecular formula is C57H64N6O9S. The molecule has 6 aromatic rings. The second-order valence-electron chi connectivity index (χ2n) is 19.0. The SMILES string of the molecule is CCC(=C(c1ccc(O)cc1)c1ccc(OCCN(C)C(=O)CCCOCCOc2cc(C(C(=O)N3CC(O)CC3C3=NC(=O)C(C)(c4ccc(-c5scnc5C)cc4)N3)C(C)C)on2)cc1)c1ccccc1. The zero-order chi connectivity index (χ0) is 51.6. The van der Waals surface area contributed by atoms with Gasteiger partial charge in [0.05, 0.1) is 41.4 Å². The molecule has 0 radical (unpaired) electrons. The van der Waals surface area contributed by atoms with Crippen molar-refractivity contribution in [2.24, 2.45) is 10.9 Å². The minimum Gasteiger partial charge on any atom is -0.508 e. The predicted octanol–water partition coefficient (Wildman–Crippen LogP) is 9.04. The van der Waals surface area contributed by atoms with Crippen LogP contribution in [0.2, 0.25) is 0 Å². The summed E-state index contributed by atoms with van der Waals surface area (Å²) in [5.74, 6) is 0.150. The minimum atomic E-state index is -1.15. The van der Waals surface area contributed by atoms with Gasteiger partial charge in [0.1, 0.15) is 42.0 Å². The van der Waals surface area contributed by atoms with E-state index in [-0.39, 0.29) is 61.4 Å². The van der Waals surface area contributed by atoms with Crippen molar-refractivity contribution in [1.29, 1.82) is 0 Å². The second-order valence-corrected chi connectivity index (χ2v) is 19.8. The fraction of sp³-hybridized carbons (Fsp3) is 0.368. The normalized spacial score (nSPS) is 18.3. The number of hydrogen-bond acceptors (Lipinski definition) is 13. The Morgan fingerprint density at radius 3 is 2.32 bits per heavy atom. The molecule has 1 saturated heterocycles. The third-order valence-electron chi connectivity index (χ3n) is 13.5. The van der Waals surface area contributed by atoms with Crippen LogP contribution in [0.15, 0.2) is 124 Å². The molecule has 382 valence electrons. The van der Waals surface area contributed by atoms with E-state index in [1.807, 2.05) is 105 Å². The van der Waals surface area contributed by atoms with Gasteiger partial charge in [0.15, 0.2) is 5.76 Å². The fourth-order valence-electron chi connectivity index (χ4n) is 9.44. The number of thiazole rings is 1. The van der Waals surface area contributed by atoms with Crippen LogP contribution in [0.25, 0.3) is 21.6 Å². The molecule has 1 fully saturated rings. The highest BCUT2D eigenvalue weighted by molar-refractivity contribution is 7.13. The molecule has 2 aromatic heterocycles. The molecule has 4 unspecified atom stereocenters. The zero-order valence-electron chi connectivity index (χ0n) is 42.2. The minimum absolute atomic E-state index is 0.0155. The number of nitrogens with one attached hydrogen (secondary N) is 1. The monoisotopic (exact) mass is 1010 g/mol. The van der Waals surface area contributed by atoms with Crippen LogP contribution in [0.4, 0.5) is 0 Å². The van der Waals surface area contributed by atoms with Gasteiger partial charge in [-0.05, 0) is 101 Å². The molecule has 2 aliphatic rings. The van der Waals surface area contributed by atoms with Crippen molar-refractivity contribution in [3.63, 3.8) is 0 Å². The van der Waals surface area contributed by atoms with Crippen LogP contribution < -0.4 is 14.8 Å². The van der Waals surface area contributed by atoms with Gasteiger partial charge in [-0.2, -0.15) is 4.99 Å². The maximum Gasteiger partial charge on any atom is 0.277 e. The topological polar surface area (TPSA) is 189 Å². The zero-order valence-corrected chi connectivity index (χ0v) is 43.1. The predicted molar refractivity (Wildman–Crippen MR) is 281 cm³/mol. The number of amides is 3. The number of ether oxygens (including phenoxy) is 3. The summed E-state index contributed by atoms with van der Waals surface area (Å²) in [5, 5.41) is 28.2. The summed E-state index contributed by atoms with van der Waals surface area (Å²) in [6.07, 6.45) is 1.07. The smallest absolute Gasteiger partial charge is 0.277 e. The van der Waals surface area contributed by atoms with E-state index in [1.165, 1.54) is 5.57 Å². The number of carbonyl (C=O) groups excluding carboxylic acids is 3. The average molecular weight is 1010 g/mol. The van der Waals surface area contributed by atoms with Gasteiger partial charge in [0.2, 0.25) is 11.8 Å². The highest BCUT2D eigenvalue weighted by Crippen LogP contribution is 2.38. The van der Waals surface area contributed by atoms with Gasteiger partial charge in [-0.3, -0.25) is 14.4 Å². The number of β-amino-alcohol motifs (C(OH)–C–C–N with tert-alkyl or cyclic N) is 1. The maximum atomic E-state index is 14.4. The number of amidine groups is 1. The third kappa shape index (κ3) is 12.2. The Labute approximate surface area is 430 Å². The number of rotatable bonds is 22. The molecule has 8 rings (SSSR count). The molecule has 0 aliphatic carbocycles. The molecule has 0 bridgehead atoms. The number of aliphatic imine (C=N–C) groups is 1. The number of aliphatic hydroxyl groups excluding tert-OH is 1. The number of allylic oxidation sites excluding steroid dienone is 1. The number of aliphatic hydroxyl groups is 1. The largest absolute Gasteiger partial charge is 0.508 e. The lowest BCUT2D eigenvalue weighted by Gasteiger charge is -2.31.